The number of nitrogens with zero attached hydrogens (tertiary/aromatic N) is 1. The zero-order valence-electron chi connectivity index (χ0n) is 21.0. The van der Waals surface area contributed by atoms with Gasteiger partial charge in [-0.15, -0.1) is 0 Å². The number of hydrogen-bond donors (Lipinski definition) is 0. The van der Waals surface area contributed by atoms with Crippen molar-refractivity contribution in [2.24, 2.45) is 0 Å². The van der Waals surface area contributed by atoms with Crippen LogP contribution in [0.25, 0.3) is 10.9 Å². The van der Waals surface area contributed by atoms with E-state index in [4.69, 9.17) is 18.9 Å². The number of ether oxygens (including phenoxy) is 4. The summed E-state index contributed by atoms with van der Waals surface area (Å²) < 4.78 is 22.6. The molecule has 0 amide bonds. The molecule has 0 N–H and O–H groups in total. The SMILES string of the molecule is CC(=O)OC[C@@H](OC(C)=O)[C@H](OC(C)=O)[C@@H](Cn1c(=O)cc(C)c2ccc(C)c(C)c21)OC(C)=O. The second-order valence-corrected chi connectivity index (χ2v) is 8.35. The number of fused-ring (bicyclic) bond motifs is 1. The van der Waals surface area contributed by atoms with E-state index >= 15 is 0 Å². The highest BCUT2D eigenvalue weighted by Crippen LogP contribution is 2.25. The Balaban J connectivity index is 2.68. The van der Waals surface area contributed by atoms with Gasteiger partial charge in [0.25, 0.3) is 5.56 Å². The summed E-state index contributed by atoms with van der Waals surface area (Å²) in [6, 6.07) is 5.31. The number of carbonyl (C=O) groups excluding carboxylic acids is 4. The van der Waals surface area contributed by atoms with Crippen molar-refractivity contribution < 1.29 is 38.1 Å². The predicted octanol–water partition coefficient (Wildman–Crippen LogP) is 2.28. The van der Waals surface area contributed by atoms with Gasteiger partial charge in [-0.05, 0) is 37.5 Å². The molecule has 1 aromatic carbocycles. The van der Waals surface area contributed by atoms with Crippen LogP contribution < -0.4 is 5.56 Å². The summed E-state index contributed by atoms with van der Waals surface area (Å²) in [6.07, 6.45) is -3.91. The summed E-state index contributed by atoms with van der Waals surface area (Å²) in [4.78, 5) is 60.3. The molecular formula is C25H31NO9. The van der Waals surface area contributed by atoms with Crippen LogP contribution in [0, 0.1) is 20.8 Å². The standard InChI is InChI=1S/C25H31NO9/c1-13-8-9-20-14(2)10-23(31)26(24(20)15(13)3)11-21(33-17(5)28)25(35-19(7)30)22(34-18(6)29)12-32-16(4)27/h8-10,21-22,25H,11-12H2,1-7H3/t21-,22-,25-/m1/s1. The lowest BCUT2D eigenvalue weighted by Crippen LogP contribution is -2.49. The van der Waals surface area contributed by atoms with Gasteiger partial charge < -0.3 is 23.5 Å². The number of benzene rings is 1. The fourth-order valence-corrected chi connectivity index (χ4v) is 3.89. The third-order valence-electron chi connectivity index (χ3n) is 5.49. The van der Waals surface area contributed by atoms with Gasteiger partial charge in [-0.1, -0.05) is 12.1 Å². The first-order valence-corrected chi connectivity index (χ1v) is 11.1. The second-order valence-electron chi connectivity index (χ2n) is 8.35. The van der Waals surface area contributed by atoms with Crippen molar-refractivity contribution in [2.45, 2.75) is 73.3 Å². The molecule has 0 bridgehead atoms. The Morgan fingerprint density at radius 1 is 0.800 bits per heavy atom. The zero-order chi connectivity index (χ0) is 26.4. The lowest BCUT2D eigenvalue weighted by atomic mass is 10.0. The predicted molar refractivity (Wildman–Crippen MR) is 126 cm³/mol. The van der Waals surface area contributed by atoms with Crippen LogP contribution in [0.1, 0.15) is 44.4 Å². The van der Waals surface area contributed by atoms with E-state index in [1.165, 1.54) is 17.6 Å². The van der Waals surface area contributed by atoms with Crippen molar-refractivity contribution in [3.8, 4) is 0 Å². The van der Waals surface area contributed by atoms with Crippen LogP contribution in [0.4, 0.5) is 0 Å². The lowest BCUT2D eigenvalue weighted by molar-refractivity contribution is -0.190. The van der Waals surface area contributed by atoms with Crippen molar-refractivity contribution in [2.75, 3.05) is 6.61 Å². The van der Waals surface area contributed by atoms with Crippen molar-refractivity contribution in [1.29, 1.82) is 0 Å². The summed E-state index contributed by atoms with van der Waals surface area (Å²) in [5, 5.41) is 0.828. The second kappa shape index (κ2) is 11.6. The smallest absolute Gasteiger partial charge is 0.303 e. The van der Waals surface area contributed by atoms with Gasteiger partial charge in [0.1, 0.15) is 6.61 Å². The molecule has 0 aliphatic rings. The molecule has 3 atom stereocenters. The van der Waals surface area contributed by atoms with Gasteiger partial charge in [-0.2, -0.15) is 0 Å². The molecule has 0 saturated carbocycles. The Hall–Kier alpha value is -3.69. The molecule has 10 nitrogen and oxygen atoms in total. The van der Waals surface area contributed by atoms with Crippen molar-refractivity contribution >= 4 is 34.8 Å². The molecule has 0 saturated heterocycles. The summed E-state index contributed by atoms with van der Waals surface area (Å²) in [5.41, 5.74) is 2.86. The van der Waals surface area contributed by atoms with E-state index in [0.717, 1.165) is 42.8 Å². The van der Waals surface area contributed by atoms with Gasteiger partial charge in [0.05, 0.1) is 12.1 Å². The Morgan fingerprint density at radius 3 is 1.91 bits per heavy atom. The first-order valence-electron chi connectivity index (χ1n) is 11.1. The monoisotopic (exact) mass is 489 g/mol. The molecule has 0 spiro atoms. The largest absolute Gasteiger partial charge is 0.462 e. The Bertz CT molecular complexity index is 1200. The minimum absolute atomic E-state index is 0.213. The maximum atomic E-state index is 13.1. The van der Waals surface area contributed by atoms with Gasteiger partial charge in [0, 0.05) is 39.1 Å². The van der Waals surface area contributed by atoms with Crippen LogP contribution in [0.15, 0.2) is 23.0 Å². The molecule has 1 aromatic heterocycles. The molecule has 0 aliphatic heterocycles. The molecule has 10 heteroatoms. The average molecular weight is 490 g/mol. The number of carbonyl (C=O) groups is 4. The van der Waals surface area contributed by atoms with Gasteiger partial charge >= 0.3 is 23.9 Å². The van der Waals surface area contributed by atoms with Crippen molar-refractivity contribution in [3.63, 3.8) is 0 Å². The van der Waals surface area contributed by atoms with E-state index < -0.39 is 48.8 Å². The van der Waals surface area contributed by atoms with Crippen molar-refractivity contribution in [3.05, 3.63) is 45.2 Å². The van der Waals surface area contributed by atoms with Crippen LogP contribution in [0.5, 0.6) is 0 Å². The molecule has 35 heavy (non-hydrogen) atoms. The maximum absolute atomic E-state index is 13.1. The van der Waals surface area contributed by atoms with Crippen LogP contribution >= 0.6 is 0 Å². The van der Waals surface area contributed by atoms with Crippen LogP contribution in [-0.2, 0) is 44.7 Å². The first-order chi connectivity index (χ1) is 16.3. The number of esters is 4. The highest BCUT2D eigenvalue weighted by atomic mass is 16.6. The third-order valence-corrected chi connectivity index (χ3v) is 5.49. The molecule has 0 fully saturated rings. The average Bonchev–Trinajstić information content (AvgIpc) is 2.73. The minimum Gasteiger partial charge on any atom is -0.462 e. The van der Waals surface area contributed by atoms with E-state index in [-0.39, 0.29) is 12.1 Å². The molecular weight excluding hydrogens is 458 g/mol. The molecule has 190 valence electrons. The fourth-order valence-electron chi connectivity index (χ4n) is 3.89. The number of aromatic nitrogens is 1. The molecule has 2 rings (SSSR count). The van der Waals surface area contributed by atoms with Gasteiger partial charge in [0.2, 0.25) is 0 Å². The number of hydrogen-bond acceptors (Lipinski definition) is 9. The zero-order valence-corrected chi connectivity index (χ0v) is 21.0. The van der Waals surface area contributed by atoms with E-state index in [0.29, 0.717) is 5.52 Å². The van der Waals surface area contributed by atoms with Crippen LogP contribution in [0.2, 0.25) is 0 Å². The van der Waals surface area contributed by atoms with E-state index in [9.17, 15) is 24.0 Å². The quantitative estimate of drug-likeness (QED) is 0.385. The fraction of sp³-hybridized carbons (Fsp3) is 0.480. The number of pyridine rings is 1. The Labute approximate surface area is 203 Å². The van der Waals surface area contributed by atoms with E-state index in [2.05, 4.69) is 0 Å². The summed E-state index contributed by atoms with van der Waals surface area (Å²) in [7, 11) is 0. The maximum Gasteiger partial charge on any atom is 0.303 e. The van der Waals surface area contributed by atoms with Crippen LogP contribution in [-0.4, -0.2) is 53.4 Å². The minimum atomic E-state index is -1.37. The highest BCUT2D eigenvalue weighted by molar-refractivity contribution is 5.86. The Morgan fingerprint density at radius 2 is 1.37 bits per heavy atom. The Kier molecular flexibility index (Phi) is 9.16. The van der Waals surface area contributed by atoms with Crippen LogP contribution in [0.3, 0.4) is 0 Å². The topological polar surface area (TPSA) is 127 Å². The first kappa shape index (κ1) is 27.6. The molecule has 0 aliphatic carbocycles. The number of aryl methyl sites for hydroxylation is 3. The normalized spacial score (nSPS) is 13.5. The molecule has 2 aromatic rings. The molecule has 1 heterocycles. The highest BCUT2D eigenvalue weighted by Gasteiger charge is 2.38. The van der Waals surface area contributed by atoms with Gasteiger partial charge in [-0.25, -0.2) is 0 Å². The molecule has 0 unspecified atom stereocenters. The van der Waals surface area contributed by atoms with Crippen molar-refractivity contribution in [1.82, 2.24) is 4.57 Å². The summed E-state index contributed by atoms with van der Waals surface area (Å²) >= 11 is 0. The number of rotatable bonds is 9. The summed E-state index contributed by atoms with van der Waals surface area (Å²) in [6.45, 7) is 9.54. The lowest BCUT2D eigenvalue weighted by Gasteiger charge is -2.32. The van der Waals surface area contributed by atoms with E-state index in [1.807, 2.05) is 32.9 Å². The molecule has 0 radical (unpaired) electrons. The van der Waals surface area contributed by atoms with Gasteiger partial charge in [-0.3, -0.25) is 24.0 Å². The summed E-state index contributed by atoms with van der Waals surface area (Å²) in [5.74, 6) is -2.84. The van der Waals surface area contributed by atoms with E-state index in [1.54, 1.807) is 0 Å². The third kappa shape index (κ3) is 7.14. The van der Waals surface area contributed by atoms with Gasteiger partial charge in [0.15, 0.2) is 18.3 Å².